The summed E-state index contributed by atoms with van der Waals surface area (Å²) in [5.74, 6) is 0.422. The predicted octanol–water partition coefficient (Wildman–Crippen LogP) is 3.08. The first-order chi connectivity index (χ1) is 6.49. The Morgan fingerprint density at radius 3 is 2.21 bits per heavy atom. The van der Waals surface area contributed by atoms with Crippen LogP contribution in [0.3, 0.4) is 0 Å². The average molecular weight is 207 g/mol. The van der Waals surface area contributed by atoms with Gasteiger partial charge in [0.1, 0.15) is 0 Å². The topological polar surface area (TPSA) is 26.0 Å². The Bertz CT molecular complexity index is 324. The molecule has 0 spiro atoms. The molecule has 1 aromatic carbocycles. The lowest BCUT2D eigenvalue weighted by Crippen LogP contribution is -2.11. The van der Waals surface area contributed by atoms with Gasteiger partial charge in [0.05, 0.1) is 4.99 Å². The first-order valence-corrected chi connectivity index (χ1v) is 5.26. The molecule has 0 aromatic heterocycles. The van der Waals surface area contributed by atoms with Crippen LogP contribution in [0.1, 0.15) is 36.0 Å². The van der Waals surface area contributed by atoms with Crippen LogP contribution < -0.4 is 5.73 Å². The lowest BCUT2D eigenvalue weighted by molar-refractivity contribution is 0.804. The number of rotatable bonds is 3. The number of hydrogen-bond donors (Lipinski definition) is 1. The van der Waals surface area contributed by atoms with Crippen LogP contribution in [0.2, 0.25) is 0 Å². The molecular weight excluding hydrogens is 190 g/mol. The Morgan fingerprint density at radius 2 is 1.79 bits per heavy atom. The molecule has 2 N–H and O–H groups in total. The summed E-state index contributed by atoms with van der Waals surface area (Å²) in [4.78, 5) is 0.594. The molecule has 0 aliphatic heterocycles. The van der Waals surface area contributed by atoms with Crippen LogP contribution in [0, 0.1) is 13.8 Å². The third kappa shape index (κ3) is 3.11. The van der Waals surface area contributed by atoms with Crippen molar-refractivity contribution in [1.29, 1.82) is 0 Å². The zero-order valence-corrected chi connectivity index (χ0v) is 9.82. The Morgan fingerprint density at radius 1 is 1.29 bits per heavy atom. The highest BCUT2D eigenvalue weighted by molar-refractivity contribution is 7.80. The van der Waals surface area contributed by atoms with E-state index in [-0.39, 0.29) is 0 Å². The largest absolute Gasteiger partial charge is 0.393 e. The standard InChI is InChI=1S/C12H17NS/c1-8-4-9(2)6-11(5-8)10(3)7-12(13)14/h4-6,10H,7H2,1-3H3,(H2,13,14). The predicted molar refractivity (Wildman–Crippen MR) is 65.7 cm³/mol. The molecule has 0 aliphatic rings. The van der Waals surface area contributed by atoms with Crippen LogP contribution in [0.5, 0.6) is 0 Å². The summed E-state index contributed by atoms with van der Waals surface area (Å²) in [6.45, 7) is 6.39. The Balaban J connectivity index is 2.89. The third-order valence-corrected chi connectivity index (χ3v) is 2.49. The van der Waals surface area contributed by atoms with Gasteiger partial charge in [-0.3, -0.25) is 0 Å². The fourth-order valence-electron chi connectivity index (χ4n) is 1.71. The molecule has 2 heteroatoms. The van der Waals surface area contributed by atoms with E-state index >= 15 is 0 Å². The Kier molecular flexibility index (Phi) is 3.64. The molecule has 76 valence electrons. The van der Waals surface area contributed by atoms with Gasteiger partial charge in [-0.05, 0) is 25.3 Å². The molecule has 0 bridgehead atoms. The molecule has 0 aliphatic carbocycles. The maximum atomic E-state index is 5.54. The minimum Gasteiger partial charge on any atom is -0.393 e. The zero-order valence-electron chi connectivity index (χ0n) is 9.00. The monoisotopic (exact) mass is 207 g/mol. The van der Waals surface area contributed by atoms with Crippen molar-refractivity contribution in [3.05, 3.63) is 34.9 Å². The van der Waals surface area contributed by atoms with Crippen LogP contribution in [-0.4, -0.2) is 4.99 Å². The number of aryl methyl sites for hydroxylation is 2. The zero-order chi connectivity index (χ0) is 10.7. The maximum Gasteiger partial charge on any atom is 0.0733 e. The van der Waals surface area contributed by atoms with Gasteiger partial charge in [-0.2, -0.15) is 0 Å². The van der Waals surface area contributed by atoms with Crippen LogP contribution in [0.4, 0.5) is 0 Å². The van der Waals surface area contributed by atoms with Crippen LogP contribution in [-0.2, 0) is 0 Å². The van der Waals surface area contributed by atoms with Crippen molar-refractivity contribution in [2.75, 3.05) is 0 Å². The summed E-state index contributed by atoms with van der Waals surface area (Å²) < 4.78 is 0. The van der Waals surface area contributed by atoms with Crippen molar-refractivity contribution in [2.45, 2.75) is 33.1 Å². The van der Waals surface area contributed by atoms with Gasteiger partial charge in [-0.1, -0.05) is 48.5 Å². The van der Waals surface area contributed by atoms with E-state index in [1.54, 1.807) is 0 Å². The molecule has 0 saturated heterocycles. The first kappa shape index (κ1) is 11.2. The van der Waals surface area contributed by atoms with Gasteiger partial charge in [0.15, 0.2) is 0 Å². The molecule has 0 amide bonds. The average Bonchev–Trinajstić information content (AvgIpc) is 2.00. The molecule has 0 heterocycles. The third-order valence-electron chi connectivity index (χ3n) is 2.32. The van der Waals surface area contributed by atoms with E-state index in [1.807, 2.05) is 0 Å². The Hall–Kier alpha value is -0.890. The van der Waals surface area contributed by atoms with Gasteiger partial charge in [0, 0.05) is 6.42 Å². The van der Waals surface area contributed by atoms with Crippen LogP contribution >= 0.6 is 12.2 Å². The second-order valence-electron chi connectivity index (χ2n) is 3.99. The minimum absolute atomic E-state index is 0.422. The molecule has 0 saturated carbocycles. The normalized spacial score (nSPS) is 12.5. The van der Waals surface area contributed by atoms with Crippen LogP contribution in [0.15, 0.2) is 18.2 Å². The van der Waals surface area contributed by atoms with Gasteiger partial charge in [-0.15, -0.1) is 0 Å². The van der Waals surface area contributed by atoms with E-state index < -0.39 is 0 Å². The van der Waals surface area contributed by atoms with Gasteiger partial charge in [0.2, 0.25) is 0 Å². The summed E-state index contributed by atoms with van der Waals surface area (Å²) in [6, 6.07) is 6.59. The highest BCUT2D eigenvalue weighted by Gasteiger charge is 2.07. The second-order valence-corrected chi connectivity index (χ2v) is 4.52. The summed E-state index contributed by atoms with van der Waals surface area (Å²) in [7, 11) is 0. The number of benzene rings is 1. The molecule has 0 fully saturated rings. The number of hydrogen-bond acceptors (Lipinski definition) is 1. The molecular formula is C12H17NS. The molecule has 0 radical (unpaired) electrons. The smallest absolute Gasteiger partial charge is 0.0733 e. The lowest BCUT2D eigenvalue weighted by Gasteiger charge is -2.12. The molecule has 1 rings (SSSR count). The fourth-order valence-corrected chi connectivity index (χ4v) is 1.96. The lowest BCUT2D eigenvalue weighted by atomic mass is 9.94. The van der Waals surface area contributed by atoms with E-state index in [0.717, 1.165) is 6.42 Å². The summed E-state index contributed by atoms with van der Waals surface area (Å²) in [5.41, 5.74) is 9.47. The summed E-state index contributed by atoms with van der Waals surface area (Å²) >= 11 is 4.92. The van der Waals surface area contributed by atoms with E-state index in [0.29, 0.717) is 10.9 Å². The maximum absolute atomic E-state index is 5.54. The van der Waals surface area contributed by atoms with Gasteiger partial charge in [0.25, 0.3) is 0 Å². The number of thiocarbonyl (C=S) groups is 1. The van der Waals surface area contributed by atoms with Crippen molar-refractivity contribution in [2.24, 2.45) is 5.73 Å². The van der Waals surface area contributed by atoms with Crippen molar-refractivity contribution in [3.63, 3.8) is 0 Å². The highest BCUT2D eigenvalue weighted by Crippen LogP contribution is 2.21. The van der Waals surface area contributed by atoms with Gasteiger partial charge in [-0.25, -0.2) is 0 Å². The fraction of sp³-hybridized carbons (Fsp3) is 0.417. The van der Waals surface area contributed by atoms with E-state index in [4.69, 9.17) is 18.0 Å². The van der Waals surface area contributed by atoms with Crippen molar-refractivity contribution in [3.8, 4) is 0 Å². The SMILES string of the molecule is Cc1cc(C)cc(C(C)CC(N)=S)c1. The molecule has 1 aromatic rings. The summed E-state index contributed by atoms with van der Waals surface area (Å²) in [6.07, 6.45) is 0.790. The minimum atomic E-state index is 0.422. The quantitative estimate of drug-likeness (QED) is 0.771. The number of nitrogens with two attached hydrogens (primary N) is 1. The first-order valence-electron chi connectivity index (χ1n) is 4.85. The molecule has 14 heavy (non-hydrogen) atoms. The van der Waals surface area contributed by atoms with Crippen molar-refractivity contribution in [1.82, 2.24) is 0 Å². The Labute approximate surface area is 91.3 Å². The van der Waals surface area contributed by atoms with Gasteiger partial charge < -0.3 is 5.73 Å². The summed E-state index contributed by atoms with van der Waals surface area (Å²) in [5, 5.41) is 0. The molecule has 1 nitrogen and oxygen atoms in total. The van der Waals surface area contributed by atoms with E-state index in [9.17, 15) is 0 Å². The second kappa shape index (κ2) is 4.56. The van der Waals surface area contributed by atoms with Gasteiger partial charge >= 0.3 is 0 Å². The van der Waals surface area contributed by atoms with E-state index in [1.165, 1.54) is 16.7 Å². The van der Waals surface area contributed by atoms with Crippen molar-refractivity contribution < 1.29 is 0 Å². The highest BCUT2D eigenvalue weighted by atomic mass is 32.1. The van der Waals surface area contributed by atoms with E-state index in [2.05, 4.69) is 39.0 Å². The molecule has 1 unspecified atom stereocenters. The van der Waals surface area contributed by atoms with Crippen molar-refractivity contribution >= 4 is 17.2 Å². The van der Waals surface area contributed by atoms with Crippen LogP contribution in [0.25, 0.3) is 0 Å². The molecule has 1 atom stereocenters.